The number of carbonyl (C=O) groups excluding carboxylic acids is 2. The predicted molar refractivity (Wildman–Crippen MR) is 84.8 cm³/mol. The van der Waals surface area contributed by atoms with Crippen molar-refractivity contribution in [3.05, 3.63) is 29.8 Å². The molecule has 1 aromatic rings. The normalized spacial score (nSPS) is 11.9. The van der Waals surface area contributed by atoms with Crippen LogP contribution in [-0.4, -0.2) is 35.4 Å². The Bertz CT molecular complexity index is 580. The van der Waals surface area contributed by atoms with E-state index in [-0.39, 0.29) is 18.8 Å². The van der Waals surface area contributed by atoms with Crippen molar-refractivity contribution in [1.29, 1.82) is 0 Å². The third kappa shape index (κ3) is 7.23. The lowest BCUT2D eigenvalue weighted by Gasteiger charge is -2.22. The van der Waals surface area contributed by atoms with Crippen LogP contribution in [-0.2, 0) is 20.7 Å². The van der Waals surface area contributed by atoms with Gasteiger partial charge in [-0.3, -0.25) is 0 Å². The zero-order chi connectivity index (χ0) is 17.5. The summed E-state index contributed by atoms with van der Waals surface area (Å²) >= 11 is 0. The van der Waals surface area contributed by atoms with Gasteiger partial charge in [0.05, 0.1) is 0 Å². The van der Waals surface area contributed by atoms with E-state index in [9.17, 15) is 14.7 Å². The molecule has 1 atom stereocenters. The highest BCUT2D eigenvalue weighted by Gasteiger charge is 2.25. The Morgan fingerprint density at radius 2 is 1.91 bits per heavy atom. The van der Waals surface area contributed by atoms with Crippen molar-refractivity contribution >= 4 is 12.1 Å². The molecule has 6 heteroatoms. The van der Waals surface area contributed by atoms with Crippen LogP contribution in [0.5, 0.6) is 5.75 Å². The van der Waals surface area contributed by atoms with E-state index in [0.29, 0.717) is 0 Å². The maximum atomic E-state index is 12.0. The van der Waals surface area contributed by atoms with Gasteiger partial charge in [0, 0.05) is 6.42 Å². The van der Waals surface area contributed by atoms with Gasteiger partial charge >= 0.3 is 12.1 Å². The molecule has 23 heavy (non-hydrogen) atoms. The van der Waals surface area contributed by atoms with Crippen LogP contribution in [0.3, 0.4) is 0 Å². The fourth-order valence-electron chi connectivity index (χ4n) is 1.72. The van der Waals surface area contributed by atoms with Crippen molar-refractivity contribution in [3.8, 4) is 18.1 Å². The van der Waals surface area contributed by atoms with Gasteiger partial charge in [0.1, 0.15) is 17.4 Å². The number of hydrogen-bond acceptors (Lipinski definition) is 5. The van der Waals surface area contributed by atoms with E-state index < -0.39 is 23.7 Å². The summed E-state index contributed by atoms with van der Waals surface area (Å²) in [6.07, 6.45) is 4.52. The lowest BCUT2D eigenvalue weighted by Crippen LogP contribution is -2.45. The Balaban J connectivity index is 2.80. The average molecular weight is 319 g/mol. The van der Waals surface area contributed by atoms with Crippen LogP contribution in [0.2, 0.25) is 0 Å². The summed E-state index contributed by atoms with van der Waals surface area (Å²) in [5, 5.41) is 11.8. The third-order valence-corrected chi connectivity index (χ3v) is 2.65. The molecule has 0 aliphatic heterocycles. The molecule has 1 rings (SSSR count). The van der Waals surface area contributed by atoms with E-state index in [1.165, 1.54) is 12.1 Å². The summed E-state index contributed by atoms with van der Waals surface area (Å²) in [4.78, 5) is 23.9. The second-order valence-corrected chi connectivity index (χ2v) is 5.88. The summed E-state index contributed by atoms with van der Waals surface area (Å²) < 4.78 is 10.0. The number of rotatable bonds is 5. The Morgan fingerprint density at radius 1 is 1.30 bits per heavy atom. The number of terminal acetylenes is 1. The molecule has 0 saturated carbocycles. The molecule has 0 aliphatic carbocycles. The van der Waals surface area contributed by atoms with E-state index in [1.54, 1.807) is 32.9 Å². The first-order chi connectivity index (χ1) is 10.7. The fraction of sp³-hybridized carbons (Fsp3) is 0.412. The number of alkyl carbamates (subject to hydrolysis) is 1. The number of phenols is 1. The highest BCUT2D eigenvalue weighted by Crippen LogP contribution is 2.13. The molecule has 0 aromatic heterocycles. The number of carbonyl (C=O) groups is 2. The molecule has 1 amide bonds. The van der Waals surface area contributed by atoms with Gasteiger partial charge in [0.15, 0.2) is 6.61 Å². The van der Waals surface area contributed by atoms with Crippen LogP contribution in [0, 0.1) is 12.3 Å². The maximum absolute atomic E-state index is 12.0. The van der Waals surface area contributed by atoms with Gasteiger partial charge in [0.25, 0.3) is 0 Å². The molecule has 0 heterocycles. The first-order valence-electron chi connectivity index (χ1n) is 7.09. The molecular weight excluding hydrogens is 298 g/mol. The highest BCUT2D eigenvalue weighted by molar-refractivity contribution is 5.81. The first kappa shape index (κ1) is 18.4. The molecule has 0 bridgehead atoms. The lowest BCUT2D eigenvalue weighted by atomic mass is 10.1. The molecule has 0 fully saturated rings. The van der Waals surface area contributed by atoms with Crippen LogP contribution >= 0.6 is 0 Å². The van der Waals surface area contributed by atoms with Crippen molar-refractivity contribution in [2.24, 2.45) is 0 Å². The molecule has 0 spiro atoms. The number of benzene rings is 1. The Morgan fingerprint density at radius 3 is 2.43 bits per heavy atom. The van der Waals surface area contributed by atoms with E-state index in [2.05, 4.69) is 11.2 Å². The Labute approximate surface area is 135 Å². The van der Waals surface area contributed by atoms with E-state index in [1.807, 2.05) is 0 Å². The minimum absolute atomic E-state index is 0.111. The summed E-state index contributed by atoms with van der Waals surface area (Å²) in [5.41, 5.74) is 0.0529. The molecule has 2 N–H and O–H groups in total. The third-order valence-electron chi connectivity index (χ3n) is 2.65. The van der Waals surface area contributed by atoms with E-state index in [0.717, 1.165) is 5.56 Å². The SMILES string of the molecule is C#CCOC(=O)[C@H](Cc1ccc(O)cc1)NC(=O)OC(C)(C)C. The number of phenolic OH excluding ortho intramolecular Hbond substituents is 1. The Kier molecular flexibility index (Phi) is 6.46. The van der Waals surface area contributed by atoms with Gasteiger partial charge in [0.2, 0.25) is 0 Å². The Hall–Kier alpha value is -2.68. The van der Waals surface area contributed by atoms with Gasteiger partial charge < -0.3 is 19.9 Å². The summed E-state index contributed by atoms with van der Waals surface area (Å²) in [6, 6.07) is 5.34. The molecule has 6 nitrogen and oxygen atoms in total. The highest BCUT2D eigenvalue weighted by atomic mass is 16.6. The quantitative estimate of drug-likeness (QED) is 0.640. The number of nitrogens with one attached hydrogen (secondary N) is 1. The second kappa shape index (κ2) is 8.08. The van der Waals surface area contributed by atoms with E-state index >= 15 is 0 Å². The van der Waals surface area contributed by atoms with Crippen molar-refractivity contribution in [2.45, 2.75) is 38.8 Å². The summed E-state index contributed by atoms with van der Waals surface area (Å²) in [5.74, 6) is 1.66. The van der Waals surface area contributed by atoms with Gasteiger partial charge in [-0.05, 0) is 38.5 Å². The van der Waals surface area contributed by atoms with Gasteiger partial charge in [-0.1, -0.05) is 18.1 Å². The van der Waals surface area contributed by atoms with Crippen molar-refractivity contribution in [1.82, 2.24) is 5.32 Å². The number of aromatic hydroxyl groups is 1. The second-order valence-electron chi connectivity index (χ2n) is 5.88. The number of amides is 1. The van der Waals surface area contributed by atoms with Gasteiger partial charge in [-0.15, -0.1) is 6.42 Å². The zero-order valence-corrected chi connectivity index (χ0v) is 13.5. The molecule has 0 aliphatic rings. The number of ether oxygens (including phenoxy) is 2. The minimum Gasteiger partial charge on any atom is -0.508 e. The predicted octanol–water partition coefficient (Wildman–Crippen LogP) is 2.00. The van der Waals surface area contributed by atoms with Crippen LogP contribution in [0.4, 0.5) is 4.79 Å². The smallest absolute Gasteiger partial charge is 0.408 e. The number of esters is 1. The van der Waals surface area contributed by atoms with Crippen molar-refractivity contribution in [2.75, 3.05) is 6.61 Å². The maximum Gasteiger partial charge on any atom is 0.408 e. The first-order valence-corrected chi connectivity index (χ1v) is 7.09. The average Bonchev–Trinajstić information content (AvgIpc) is 2.44. The van der Waals surface area contributed by atoms with Crippen molar-refractivity contribution in [3.63, 3.8) is 0 Å². The topological polar surface area (TPSA) is 84.9 Å². The summed E-state index contributed by atoms with van der Waals surface area (Å²) in [7, 11) is 0. The molecule has 0 saturated heterocycles. The minimum atomic E-state index is -0.942. The van der Waals surface area contributed by atoms with Crippen LogP contribution < -0.4 is 5.32 Å². The molecule has 1 aromatic carbocycles. The standard InChI is InChI=1S/C17H21NO5/c1-5-10-22-15(20)14(18-16(21)23-17(2,3)4)11-12-6-8-13(19)9-7-12/h1,6-9,14,19H,10-11H2,2-4H3,(H,18,21)/t14-/m0/s1. The fourth-order valence-corrected chi connectivity index (χ4v) is 1.72. The van der Waals surface area contributed by atoms with Crippen molar-refractivity contribution < 1.29 is 24.2 Å². The number of hydrogen-bond donors (Lipinski definition) is 2. The van der Waals surface area contributed by atoms with Gasteiger partial charge in [-0.2, -0.15) is 0 Å². The molecule has 0 unspecified atom stereocenters. The monoisotopic (exact) mass is 319 g/mol. The van der Waals surface area contributed by atoms with Crippen LogP contribution in [0.25, 0.3) is 0 Å². The molecule has 0 radical (unpaired) electrons. The lowest BCUT2D eigenvalue weighted by molar-refractivity contribution is -0.144. The zero-order valence-electron chi connectivity index (χ0n) is 13.5. The van der Waals surface area contributed by atoms with Gasteiger partial charge in [-0.25, -0.2) is 9.59 Å². The van der Waals surface area contributed by atoms with Crippen LogP contribution in [0.1, 0.15) is 26.3 Å². The summed E-state index contributed by atoms with van der Waals surface area (Å²) in [6.45, 7) is 4.98. The van der Waals surface area contributed by atoms with E-state index in [4.69, 9.17) is 15.9 Å². The molecular formula is C17H21NO5. The molecule has 124 valence electrons. The van der Waals surface area contributed by atoms with Crippen LogP contribution in [0.15, 0.2) is 24.3 Å². The largest absolute Gasteiger partial charge is 0.508 e.